The van der Waals surface area contributed by atoms with Crippen molar-refractivity contribution >= 4 is 11.6 Å². The molecule has 114 valence electrons. The minimum atomic E-state index is 0.671. The van der Waals surface area contributed by atoms with Crippen LogP contribution >= 0.6 is 11.6 Å². The number of hydrogen-bond acceptors (Lipinski definition) is 3. The first-order valence-electron chi connectivity index (χ1n) is 7.42. The molecule has 0 unspecified atom stereocenters. The Labute approximate surface area is 131 Å². The fraction of sp³-hybridized carbons (Fsp3) is 0.438. The summed E-state index contributed by atoms with van der Waals surface area (Å²) in [5.41, 5.74) is 1.09. The summed E-state index contributed by atoms with van der Waals surface area (Å²) in [6, 6.07) is 5.73. The van der Waals surface area contributed by atoms with Gasteiger partial charge in [0.15, 0.2) is 5.75 Å². The highest BCUT2D eigenvalue weighted by molar-refractivity contribution is 6.30. The number of rotatable bonds is 8. The Kier molecular flexibility index (Phi) is 6.08. The van der Waals surface area contributed by atoms with E-state index >= 15 is 0 Å². The smallest absolute Gasteiger partial charge is 0.165 e. The molecule has 0 bridgehead atoms. The van der Waals surface area contributed by atoms with Crippen molar-refractivity contribution < 1.29 is 4.74 Å². The molecular formula is C16H22ClN3O. The van der Waals surface area contributed by atoms with Gasteiger partial charge in [0.05, 0.1) is 12.4 Å². The van der Waals surface area contributed by atoms with Crippen LogP contribution in [0.4, 0.5) is 0 Å². The predicted molar refractivity (Wildman–Crippen MR) is 86.0 cm³/mol. The maximum absolute atomic E-state index is 6.08. The number of aromatic nitrogens is 2. The van der Waals surface area contributed by atoms with Gasteiger partial charge in [0.25, 0.3) is 0 Å². The number of halogens is 1. The van der Waals surface area contributed by atoms with E-state index in [1.165, 1.54) is 0 Å². The van der Waals surface area contributed by atoms with E-state index in [0.29, 0.717) is 5.02 Å². The Morgan fingerprint density at radius 1 is 1.29 bits per heavy atom. The Hall–Kier alpha value is -1.52. The van der Waals surface area contributed by atoms with Gasteiger partial charge in [-0.25, -0.2) is 0 Å². The first kappa shape index (κ1) is 15.9. The van der Waals surface area contributed by atoms with Gasteiger partial charge in [-0.15, -0.1) is 0 Å². The summed E-state index contributed by atoms with van der Waals surface area (Å²) in [5.74, 6) is 1.52. The summed E-state index contributed by atoms with van der Waals surface area (Å²) in [5, 5.41) is 8.32. The van der Waals surface area contributed by atoms with Crippen LogP contribution in [0.5, 0.6) is 11.5 Å². The largest absolute Gasteiger partial charge is 0.454 e. The summed E-state index contributed by atoms with van der Waals surface area (Å²) < 4.78 is 7.82. The van der Waals surface area contributed by atoms with Crippen molar-refractivity contribution in [3.63, 3.8) is 0 Å². The van der Waals surface area contributed by atoms with Crippen molar-refractivity contribution in [3.05, 3.63) is 41.2 Å². The fourth-order valence-corrected chi connectivity index (χ4v) is 2.21. The average Bonchev–Trinajstić information content (AvgIpc) is 2.89. The summed E-state index contributed by atoms with van der Waals surface area (Å²) in [6.07, 6.45) is 5.80. The van der Waals surface area contributed by atoms with E-state index in [1.54, 1.807) is 6.20 Å². The maximum Gasteiger partial charge on any atom is 0.165 e. The molecule has 1 N–H and O–H groups in total. The van der Waals surface area contributed by atoms with Gasteiger partial charge in [-0.2, -0.15) is 5.10 Å². The second-order valence-electron chi connectivity index (χ2n) is 4.97. The minimum Gasteiger partial charge on any atom is -0.454 e. The Morgan fingerprint density at radius 2 is 2.14 bits per heavy atom. The monoisotopic (exact) mass is 307 g/mol. The number of benzene rings is 1. The molecule has 0 radical (unpaired) electrons. The van der Waals surface area contributed by atoms with Crippen molar-refractivity contribution in [2.45, 2.75) is 39.8 Å². The van der Waals surface area contributed by atoms with Crippen molar-refractivity contribution in [1.82, 2.24) is 15.1 Å². The van der Waals surface area contributed by atoms with Gasteiger partial charge in [-0.05, 0) is 31.5 Å². The number of ether oxygens (including phenoxy) is 1. The van der Waals surface area contributed by atoms with Gasteiger partial charge in [0.1, 0.15) is 5.75 Å². The molecule has 0 atom stereocenters. The van der Waals surface area contributed by atoms with Gasteiger partial charge in [-0.3, -0.25) is 4.68 Å². The standard InChI is InChI=1S/C16H22ClN3O/c1-3-7-18-10-13-5-6-14(17)9-16(13)21-15-11-19-20(12-15)8-4-2/h5-6,9,11-12,18H,3-4,7-8,10H2,1-2H3. The Balaban J connectivity index is 2.10. The lowest BCUT2D eigenvalue weighted by Gasteiger charge is -2.11. The number of nitrogens with one attached hydrogen (secondary N) is 1. The van der Waals surface area contributed by atoms with Gasteiger partial charge in [0, 0.05) is 23.7 Å². The molecule has 21 heavy (non-hydrogen) atoms. The molecule has 2 rings (SSSR count). The zero-order chi connectivity index (χ0) is 15.1. The van der Waals surface area contributed by atoms with E-state index < -0.39 is 0 Å². The molecular weight excluding hydrogens is 286 g/mol. The summed E-state index contributed by atoms with van der Waals surface area (Å²) in [6.45, 7) is 6.91. The molecule has 0 aliphatic rings. The molecule has 2 aromatic rings. The third-order valence-corrected chi connectivity index (χ3v) is 3.30. The van der Waals surface area contributed by atoms with Gasteiger partial charge in [-0.1, -0.05) is 31.5 Å². The quantitative estimate of drug-likeness (QED) is 0.741. The lowest BCUT2D eigenvalue weighted by atomic mass is 10.2. The van der Waals surface area contributed by atoms with E-state index in [2.05, 4.69) is 24.3 Å². The lowest BCUT2D eigenvalue weighted by molar-refractivity contribution is 0.471. The molecule has 4 nitrogen and oxygen atoms in total. The van der Waals surface area contributed by atoms with Crippen LogP contribution in [0.3, 0.4) is 0 Å². The Morgan fingerprint density at radius 3 is 2.90 bits per heavy atom. The molecule has 0 amide bonds. The zero-order valence-electron chi connectivity index (χ0n) is 12.6. The van der Waals surface area contributed by atoms with Crippen LogP contribution in [0.15, 0.2) is 30.6 Å². The first-order valence-corrected chi connectivity index (χ1v) is 7.80. The van der Waals surface area contributed by atoms with Crippen LogP contribution in [0.25, 0.3) is 0 Å². The maximum atomic E-state index is 6.08. The second kappa shape index (κ2) is 8.05. The minimum absolute atomic E-state index is 0.671. The third kappa shape index (κ3) is 4.76. The fourth-order valence-electron chi connectivity index (χ4n) is 2.04. The molecule has 0 saturated carbocycles. The van der Waals surface area contributed by atoms with E-state index in [-0.39, 0.29) is 0 Å². The molecule has 0 aliphatic carbocycles. The zero-order valence-corrected chi connectivity index (χ0v) is 13.4. The van der Waals surface area contributed by atoms with Crippen LogP contribution in [0, 0.1) is 0 Å². The number of nitrogens with zero attached hydrogens (tertiary/aromatic N) is 2. The Bertz CT molecular complexity index is 568. The van der Waals surface area contributed by atoms with E-state index in [9.17, 15) is 0 Å². The summed E-state index contributed by atoms with van der Waals surface area (Å²) in [7, 11) is 0. The molecule has 0 saturated heterocycles. The molecule has 0 spiro atoms. The van der Waals surface area contributed by atoms with Gasteiger partial charge in [0.2, 0.25) is 0 Å². The molecule has 1 aromatic heterocycles. The first-order chi connectivity index (χ1) is 10.2. The summed E-state index contributed by atoms with van der Waals surface area (Å²) in [4.78, 5) is 0. The van der Waals surface area contributed by atoms with Crippen molar-refractivity contribution in [1.29, 1.82) is 0 Å². The number of hydrogen-bond donors (Lipinski definition) is 1. The van der Waals surface area contributed by atoms with E-state index in [0.717, 1.165) is 49.5 Å². The van der Waals surface area contributed by atoms with Crippen molar-refractivity contribution in [3.8, 4) is 11.5 Å². The van der Waals surface area contributed by atoms with E-state index in [1.807, 2.05) is 29.1 Å². The van der Waals surface area contributed by atoms with Crippen LogP contribution in [-0.4, -0.2) is 16.3 Å². The van der Waals surface area contributed by atoms with E-state index in [4.69, 9.17) is 16.3 Å². The summed E-state index contributed by atoms with van der Waals surface area (Å²) >= 11 is 6.08. The topological polar surface area (TPSA) is 39.1 Å². The van der Waals surface area contributed by atoms with Crippen LogP contribution in [0.2, 0.25) is 5.02 Å². The normalized spacial score (nSPS) is 10.8. The third-order valence-electron chi connectivity index (χ3n) is 3.06. The second-order valence-corrected chi connectivity index (χ2v) is 5.41. The molecule has 1 heterocycles. The molecule has 0 fully saturated rings. The highest BCUT2D eigenvalue weighted by Gasteiger charge is 2.08. The van der Waals surface area contributed by atoms with Crippen molar-refractivity contribution in [2.24, 2.45) is 0 Å². The molecule has 5 heteroatoms. The highest BCUT2D eigenvalue weighted by Crippen LogP contribution is 2.28. The van der Waals surface area contributed by atoms with Gasteiger partial charge >= 0.3 is 0 Å². The highest BCUT2D eigenvalue weighted by atomic mass is 35.5. The van der Waals surface area contributed by atoms with Crippen LogP contribution < -0.4 is 10.1 Å². The van der Waals surface area contributed by atoms with Crippen molar-refractivity contribution in [2.75, 3.05) is 6.54 Å². The molecule has 0 aliphatic heterocycles. The average molecular weight is 308 g/mol. The SMILES string of the molecule is CCCNCc1ccc(Cl)cc1Oc1cnn(CCC)c1. The van der Waals surface area contributed by atoms with Crippen LogP contribution in [0.1, 0.15) is 32.3 Å². The number of aryl methyl sites for hydroxylation is 1. The van der Waals surface area contributed by atoms with Crippen LogP contribution in [-0.2, 0) is 13.1 Å². The predicted octanol–water partition coefficient (Wildman–Crippen LogP) is 4.24. The van der Waals surface area contributed by atoms with Gasteiger partial charge < -0.3 is 10.1 Å². The molecule has 1 aromatic carbocycles. The lowest BCUT2D eigenvalue weighted by Crippen LogP contribution is -2.14.